The first-order chi connectivity index (χ1) is 12.5. The molecule has 0 saturated heterocycles. The number of benzene rings is 1. The molecule has 0 bridgehead atoms. The van der Waals surface area contributed by atoms with E-state index < -0.39 is 29.9 Å². The Hall–Kier alpha value is -2.43. The van der Waals surface area contributed by atoms with Crippen molar-refractivity contribution in [2.75, 3.05) is 13.2 Å². The minimum absolute atomic E-state index is 0.00704. The quantitative estimate of drug-likeness (QED) is 0.754. The van der Waals surface area contributed by atoms with Gasteiger partial charge in [-0.3, -0.25) is 14.6 Å². The van der Waals surface area contributed by atoms with Crippen molar-refractivity contribution in [2.45, 2.75) is 31.4 Å². The van der Waals surface area contributed by atoms with Gasteiger partial charge in [-0.2, -0.15) is 13.2 Å². The van der Waals surface area contributed by atoms with Gasteiger partial charge in [-0.05, 0) is 26.0 Å². The minimum Gasteiger partial charge on any atom is -0.491 e. The molecule has 1 amide bonds. The molecule has 27 heavy (non-hydrogen) atoms. The molecule has 1 aliphatic rings. The normalized spacial score (nSPS) is 16.8. The number of amidine groups is 1. The summed E-state index contributed by atoms with van der Waals surface area (Å²) in [6, 6.07) is 3.75. The van der Waals surface area contributed by atoms with Gasteiger partial charge in [-0.1, -0.05) is 11.8 Å². The molecule has 2 rings (SSSR count). The summed E-state index contributed by atoms with van der Waals surface area (Å²) in [4.78, 5) is 27.2. The molecule has 0 aliphatic carbocycles. The molecule has 7 nitrogen and oxygen atoms in total. The van der Waals surface area contributed by atoms with E-state index in [1.54, 1.807) is 13.8 Å². The summed E-state index contributed by atoms with van der Waals surface area (Å²) in [5.41, 5.74) is -0.00704. The number of hydrogen-bond donors (Lipinski definition) is 2. The maximum atomic E-state index is 12.4. The molecule has 0 fully saturated rings. The van der Waals surface area contributed by atoms with Gasteiger partial charge in [0.25, 0.3) is 5.91 Å². The second-order valence-corrected chi connectivity index (χ2v) is 7.00. The molecule has 11 heteroatoms. The Kier molecular flexibility index (Phi) is 6.58. The molecular weight excluding hydrogens is 389 g/mol. The third-order valence-electron chi connectivity index (χ3n) is 3.07. The number of nitrogens with one attached hydrogen (secondary N) is 1. The highest BCUT2D eigenvalue weighted by Gasteiger charge is 2.29. The molecule has 1 aromatic carbocycles. The van der Waals surface area contributed by atoms with Crippen molar-refractivity contribution in [3.63, 3.8) is 0 Å². The van der Waals surface area contributed by atoms with Gasteiger partial charge in [0.05, 0.1) is 12.6 Å². The van der Waals surface area contributed by atoms with Crippen LogP contribution in [-0.4, -0.2) is 52.8 Å². The van der Waals surface area contributed by atoms with E-state index in [1.165, 1.54) is 12.1 Å². The average molecular weight is 406 g/mol. The number of thioether (sulfide) groups is 1. The molecule has 148 valence electrons. The smallest absolute Gasteiger partial charge is 0.422 e. The molecule has 1 aromatic rings. The van der Waals surface area contributed by atoms with Crippen molar-refractivity contribution in [2.24, 2.45) is 4.99 Å². The van der Waals surface area contributed by atoms with Gasteiger partial charge in [-0.25, -0.2) is 0 Å². The zero-order chi connectivity index (χ0) is 20.2. The molecule has 1 aliphatic heterocycles. The molecule has 2 N–H and O–H groups in total. The largest absolute Gasteiger partial charge is 0.491 e. The first kappa shape index (κ1) is 20.9. The highest BCUT2D eigenvalue weighted by molar-refractivity contribution is 8.15. The van der Waals surface area contributed by atoms with Crippen molar-refractivity contribution < 1.29 is 37.3 Å². The van der Waals surface area contributed by atoms with Crippen LogP contribution in [0.2, 0.25) is 0 Å². The number of carbonyl (C=O) groups is 2. The van der Waals surface area contributed by atoms with E-state index in [2.05, 4.69) is 10.3 Å². The lowest BCUT2D eigenvalue weighted by Gasteiger charge is -2.15. The van der Waals surface area contributed by atoms with Crippen LogP contribution in [0, 0.1) is 0 Å². The van der Waals surface area contributed by atoms with Gasteiger partial charge in [0.2, 0.25) is 0 Å². The fourth-order valence-electron chi connectivity index (χ4n) is 2.03. The lowest BCUT2D eigenvalue weighted by atomic mass is 10.2. The van der Waals surface area contributed by atoms with Crippen LogP contribution in [0.1, 0.15) is 24.2 Å². The molecule has 0 radical (unpaired) electrons. The topological polar surface area (TPSA) is 97.2 Å². The standard InChI is InChI=1S/C16H17F3N2O5S/c1-8(2)26-11-4-9(3-10(5-11)25-7-16(17,18)19)13(22)21-15-20-6-12(27-15)14(23)24/h3-5,8,12H,6-7H2,1-2H3,(H,23,24)(H,20,21,22). The molecule has 0 spiro atoms. The molecular formula is C16H17F3N2O5S. The number of rotatable bonds is 6. The molecule has 1 atom stereocenters. The predicted octanol–water partition coefficient (Wildman–Crippen LogP) is 2.70. The number of halogens is 3. The average Bonchev–Trinajstić information content (AvgIpc) is 3.00. The Labute approximate surface area is 156 Å². The van der Waals surface area contributed by atoms with E-state index in [0.717, 1.165) is 17.8 Å². The van der Waals surface area contributed by atoms with Crippen LogP contribution < -0.4 is 14.8 Å². The van der Waals surface area contributed by atoms with Crippen LogP contribution in [0.15, 0.2) is 23.2 Å². The van der Waals surface area contributed by atoms with E-state index in [1.807, 2.05) is 0 Å². The van der Waals surface area contributed by atoms with Crippen molar-refractivity contribution in [3.8, 4) is 11.5 Å². The van der Waals surface area contributed by atoms with Gasteiger partial charge in [0.1, 0.15) is 16.7 Å². The highest BCUT2D eigenvalue weighted by Crippen LogP contribution is 2.27. The number of carboxylic acids is 1. The van der Waals surface area contributed by atoms with Gasteiger partial charge in [-0.15, -0.1) is 0 Å². The lowest BCUT2D eigenvalue weighted by molar-refractivity contribution is -0.153. The number of hydrogen-bond acceptors (Lipinski definition) is 6. The van der Waals surface area contributed by atoms with E-state index in [0.29, 0.717) is 0 Å². The number of aliphatic carboxylic acids is 1. The second kappa shape index (κ2) is 8.51. The van der Waals surface area contributed by atoms with Crippen LogP contribution in [-0.2, 0) is 4.79 Å². The lowest BCUT2D eigenvalue weighted by Crippen LogP contribution is -2.28. The van der Waals surface area contributed by atoms with Gasteiger partial charge >= 0.3 is 12.1 Å². The van der Waals surface area contributed by atoms with Crippen molar-refractivity contribution in [1.82, 2.24) is 5.32 Å². The van der Waals surface area contributed by atoms with Gasteiger partial charge < -0.3 is 19.9 Å². The third-order valence-corrected chi connectivity index (χ3v) is 4.16. The molecule has 0 aromatic heterocycles. The first-order valence-electron chi connectivity index (χ1n) is 7.80. The van der Waals surface area contributed by atoms with E-state index in [4.69, 9.17) is 14.6 Å². The summed E-state index contributed by atoms with van der Waals surface area (Å²) in [6.07, 6.45) is -4.80. The zero-order valence-electron chi connectivity index (χ0n) is 14.4. The summed E-state index contributed by atoms with van der Waals surface area (Å²) in [5, 5.41) is 10.7. The third kappa shape index (κ3) is 6.66. The van der Waals surface area contributed by atoms with Crippen molar-refractivity contribution in [3.05, 3.63) is 23.8 Å². The van der Waals surface area contributed by atoms with Crippen LogP contribution >= 0.6 is 11.8 Å². The monoisotopic (exact) mass is 406 g/mol. The number of alkyl halides is 3. The maximum Gasteiger partial charge on any atom is 0.422 e. The summed E-state index contributed by atoms with van der Waals surface area (Å²) in [6.45, 7) is 1.95. The summed E-state index contributed by atoms with van der Waals surface area (Å²) in [7, 11) is 0. The minimum atomic E-state index is -4.53. The number of carboxylic acid groups (broad SMARTS) is 1. The number of ether oxygens (including phenoxy) is 2. The van der Waals surface area contributed by atoms with Gasteiger partial charge in [0, 0.05) is 11.6 Å². The van der Waals surface area contributed by atoms with E-state index in [-0.39, 0.29) is 34.9 Å². The van der Waals surface area contributed by atoms with Crippen LogP contribution in [0.4, 0.5) is 13.2 Å². The fraction of sp³-hybridized carbons (Fsp3) is 0.438. The van der Waals surface area contributed by atoms with Crippen LogP contribution in [0.25, 0.3) is 0 Å². The number of carbonyl (C=O) groups excluding carboxylic acids is 1. The molecule has 0 saturated carbocycles. The molecule has 1 heterocycles. The summed E-state index contributed by atoms with van der Waals surface area (Å²) >= 11 is 0.882. The Bertz CT molecular complexity index is 752. The Morgan fingerprint density at radius 3 is 2.56 bits per heavy atom. The zero-order valence-corrected chi connectivity index (χ0v) is 15.2. The first-order valence-corrected chi connectivity index (χ1v) is 8.68. The number of amides is 1. The maximum absolute atomic E-state index is 12.4. The molecule has 1 unspecified atom stereocenters. The number of nitrogens with zero attached hydrogens (tertiary/aromatic N) is 1. The van der Waals surface area contributed by atoms with Crippen molar-refractivity contribution >= 4 is 28.8 Å². The van der Waals surface area contributed by atoms with Crippen molar-refractivity contribution in [1.29, 1.82) is 0 Å². The second-order valence-electron chi connectivity index (χ2n) is 5.81. The Balaban J connectivity index is 2.15. The predicted molar refractivity (Wildman–Crippen MR) is 92.5 cm³/mol. The summed E-state index contributed by atoms with van der Waals surface area (Å²) < 4.78 is 47.3. The Morgan fingerprint density at radius 2 is 2.00 bits per heavy atom. The van der Waals surface area contributed by atoms with Gasteiger partial charge in [0.15, 0.2) is 11.8 Å². The highest BCUT2D eigenvalue weighted by atomic mass is 32.2. The fourth-order valence-corrected chi connectivity index (χ4v) is 2.85. The van der Waals surface area contributed by atoms with Crippen LogP contribution in [0.5, 0.6) is 11.5 Å². The SMILES string of the molecule is CC(C)Oc1cc(OCC(F)(F)F)cc(C(=O)NC2=NCC(C(=O)O)S2)c1. The number of aliphatic imine (C=N–C) groups is 1. The van der Waals surface area contributed by atoms with E-state index >= 15 is 0 Å². The van der Waals surface area contributed by atoms with E-state index in [9.17, 15) is 22.8 Å². The van der Waals surface area contributed by atoms with Crippen LogP contribution in [0.3, 0.4) is 0 Å². The summed E-state index contributed by atoms with van der Waals surface area (Å²) in [5.74, 6) is -1.74. The Morgan fingerprint density at radius 1 is 1.33 bits per heavy atom.